The molecule has 1 fully saturated rings. The van der Waals surface area contributed by atoms with Gasteiger partial charge in [0.05, 0.1) is 24.8 Å². The van der Waals surface area contributed by atoms with E-state index in [-0.39, 0.29) is 17.3 Å². The quantitative estimate of drug-likeness (QED) is 0.497. The van der Waals surface area contributed by atoms with E-state index in [2.05, 4.69) is 9.62 Å². The number of nitrogens with zero attached hydrogens (tertiary/aromatic N) is 2. The van der Waals surface area contributed by atoms with Crippen LogP contribution in [0.1, 0.15) is 11.3 Å². The summed E-state index contributed by atoms with van der Waals surface area (Å²) in [5.74, 6) is 1.28. The second-order valence-corrected chi connectivity index (χ2v) is 9.59. The van der Waals surface area contributed by atoms with Crippen LogP contribution in [0.25, 0.3) is 6.08 Å². The first-order valence-corrected chi connectivity index (χ1v) is 12.4. The van der Waals surface area contributed by atoms with Gasteiger partial charge < -0.3 is 19.0 Å². The van der Waals surface area contributed by atoms with Crippen molar-refractivity contribution in [3.63, 3.8) is 0 Å². The Hall–Kier alpha value is -3.56. The van der Waals surface area contributed by atoms with Crippen LogP contribution in [0.2, 0.25) is 0 Å². The molecule has 0 unspecified atom stereocenters. The van der Waals surface area contributed by atoms with Crippen molar-refractivity contribution in [2.45, 2.75) is 11.4 Å². The number of benzene rings is 2. The average Bonchev–Trinajstić information content (AvgIpc) is 3.40. The molecule has 8 nitrogen and oxygen atoms in total. The second-order valence-electron chi connectivity index (χ2n) is 7.82. The van der Waals surface area contributed by atoms with E-state index in [9.17, 15) is 13.2 Å². The van der Waals surface area contributed by atoms with E-state index in [1.54, 1.807) is 37.5 Å². The van der Waals surface area contributed by atoms with E-state index >= 15 is 0 Å². The number of piperazine rings is 1. The second kappa shape index (κ2) is 10.6. The number of hydrogen-bond donors (Lipinski definition) is 1. The van der Waals surface area contributed by atoms with Gasteiger partial charge in [0, 0.05) is 44.0 Å². The predicted molar refractivity (Wildman–Crippen MR) is 130 cm³/mol. The fourth-order valence-electron chi connectivity index (χ4n) is 3.69. The van der Waals surface area contributed by atoms with Crippen LogP contribution in [0, 0.1) is 0 Å². The Balaban J connectivity index is 1.30. The Morgan fingerprint density at radius 1 is 1.06 bits per heavy atom. The number of sulfonamides is 1. The number of rotatable bonds is 8. The lowest BCUT2D eigenvalue weighted by Crippen LogP contribution is -2.48. The number of anilines is 1. The van der Waals surface area contributed by atoms with Gasteiger partial charge in [-0.2, -0.15) is 0 Å². The molecule has 3 aromatic rings. The number of hydrogen-bond acceptors (Lipinski definition) is 6. The van der Waals surface area contributed by atoms with E-state index in [0.717, 1.165) is 30.1 Å². The van der Waals surface area contributed by atoms with E-state index in [1.807, 2.05) is 29.2 Å². The topological polar surface area (TPSA) is 92.1 Å². The third-order valence-corrected chi connectivity index (χ3v) is 7.05. The van der Waals surface area contributed by atoms with Gasteiger partial charge in [-0.15, -0.1) is 0 Å². The van der Waals surface area contributed by atoms with E-state index in [0.29, 0.717) is 18.8 Å². The summed E-state index contributed by atoms with van der Waals surface area (Å²) in [6.45, 7) is 2.81. The van der Waals surface area contributed by atoms with Gasteiger partial charge >= 0.3 is 0 Å². The van der Waals surface area contributed by atoms with Crippen LogP contribution in [0.3, 0.4) is 0 Å². The number of amides is 1. The molecular weight excluding hydrogens is 454 g/mol. The smallest absolute Gasteiger partial charge is 0.246 e. The standard InChI is InChI=1S/C25H27N3O5S/c1-32-22-5-2-4-21(18-22)27-13-15-28(16-14-27)25(29)12-9-20-7-10-24(11-8-20)34(30,31)26-19-23-6-3-17-33-23/h2-12,17-18,26H,13-16,19H2,1H3/b12-9+. The number of nitrogens with one attached hydrogen (secondary N) is 1. The highest BCUT2D eigenvalue weighted by Crippen LogP contribution is 2.22. The molecule has 0 bridgehead atoms. The molecule has 0 atom stereocenters. The van der Waals surface area contributed by atoms with Crippen LogP contribution in [0.5, 0.6) is 5.75 Å². The van der Waals surface area contributed by atoms with Gasteiger partial charge in [-0.25, -0.2) is 13.1 Å². The Bertz CT molecular complexity index is 1230. The van der Waals surface area contributed by atoms with Crippen molar-refractivity contribution in [2.75, 3.05) is 38.2 Å². The Kier molecular flexibility index (Phi) is 7.34. The summed E-state index contributed by atoms with van der Waals surface area (Å²) in [6, 6.07) is 17.7. The fraction of sp³-hybridized carbons (Fsp3) is 0.240. The molecule has 0 radical (unpaired) electrons. The molecule has 1 aliphatic rings. The van der Waals surface area contributed by atoms with Crippen LogP contribution in [0.15, 0.2) is 82.3 Å². The predicted octanol–water partition coefficient (Wildman–Crippen LogP) is 3.13. The summed E-state index contributed by atoms with van der Waals surface area (Å²) in [4.78, 5) is 16.8. The maximum atomic E-state index is 12.6. The minimum absolute atomic E-state index is 0.0675. The molecule has 1 saturated heterocycles. The van der Waals surface area contributed by atoms with Crippen molar-refractivity contribution in [3.05, 3.63) is 84.3 Å². The summed E-state index contributed by atoms with van der Waals surface area (Å²) in [7, 11) is -2.01. The van der Waals surface area contributed by atoms with Gasteiger partial charge in [0.25, 0.3) is 0 Å². The van der Waals surface area contributed by atoms with Crippen molar-refractivity contribution >= 4 is 27.7 Å². The zero-order valence-electron chi connectivity index (χ0n) is 18.9. The highest BCUT2D eigenvalue weighted by Gasteiger charge is 2.20. The van der Waals surface area contributed by atoms with Crippen LogP contribution in [-0.2, 0) is 21.4 Å². The molecule has 178 valence electrons. The summed E-state index contributed by atoms with van der Waals surface area (Å²) < 4.78 is 37.8. The Morgan fingerprint density at radius 3 is 2.50 bits per heavy atom. The van der Waals surface area contributed by atoms with Crippen molar-refractivity contribution in [3.8, 4) is 5.75 Å². The van der Waals surface area contributed by atoms with Crippen LogP contribution in [0.4, 0.5) is 5.69 Å². The summed E-state index contributed by atoms with van der Waals surface area (Å²) in [5.41, 5.74) is 1.82. The molecule has 0 spiro atoms. The highest BCUT2D eigenvalue weighted by molar-refractivity contribution is 7.89. The number of carbonyl (C=O) groups excluding carboxylic acids is 1. The van der Waals surface area contributed by atoms with Gasteiger partial charge in [0.15, 0.2) is 0 Å². The number of methoxy groups -OCH3 is 1. The first kappa shape index (κ1) is 23.6. The van der Waals surface area contributed by atoms with Gasteiger partial charge in [0.2, 0.25) is 15.9 Å². The maximum Gasteiger partial charge on any atom is 0.246 e. The van der Waals surface area contributed by atoms with Crippen LogP contribution >= 0.6 is 0 Å². The number of ether oxygens (including phenoxy) is 1. The molecule has 1 amide bonds. The highest BCUT2D eigenvalue weighted by atomic mass is 32.2. The van der Waals surface area contributed by atoms with E-state index in [4.69, 9.17) is 9.15 Å². The summed E-state index contributed by atoms with van der Waals surface area (Å²) in [6.07, 6.45) is 4.72. The van der Waals surface area contributed by atoms with Crippen LogP contribution in [-0.4, -0.2) is 52.5 Å². The lowest BCUT2D eigenvalue weighted by atomic mass is 10.2. The SMILES string of the molecule is COc1cccc(N2CCN(C(=O)/C=C/c3ccc(S(=O)(=O)NCc4ccco4)cc3)CC2)c1. The van der Waals surface area contributed by atoms with Crippen molar-refractivity contribution in [1.82, 2.24) is 9.62 Å². The number of furan rings is 1. The Morgan fingerprint density at radius 2 is 1.82 bits per heavy atom. The third kappa shape index (κ3) is 5.86. The van der Waals surface area contributed by atoms with Gasteiger partial charge in [-0.05, 0) is 48.0 Å². The lowest BCUT2D eigenvalue weighted by Gasteiger charge is -2.35. The molecule has 0 aliphatic carbocycles. The van der Waals surface area contributed by atoms with Gasteiger partial charge in [-0.1, -0.05) is 18.2 Å². The molecule has 4 rings (SSSR count). The zero-order valence-corrected chi connectivity index (χ0v) is 19.7. The minimum Gasteiger partial charge on any atom is -0.497 e. The summed E-state index contributed by atoms with van der Waals surface area (Å²) >= 11 is 0. The molecule has 1 aromatic heterocycles. The van der Waals surface area contributed by atoms with Gasteiger partial charge in [-0.3, -0.25) is 4.79 Å². The van der Waals surface area contributed by atoms with E-state index < -0.39 is 10.0 Å². The van der Waals surface area contributed by atoms with Crippen molar-refractivity contribution in [2.24, 2.45) is 0 Å². The first-order chi connectivity index (χ1) is 16.4. The van der Waals surface area contributed by atoms with Crippen LogP contribution < -0.4 is 14.4 Å². The summed E-state index contributed by atoms with van der Waals surface area (Å²) in [5, 5.41) is 0. The number of carbonyl (C=O) groups is 1. The van der Waals surface area contributed by atoms with Gasteiger partial charge in [0.1, 0.15) is 11.5 Å². The maximum absolute atomic E-state index is 12.6. The van der Waals surface area contributed by atoms with Crippen molar-refractivity contribution < 1.29 is 22.4 Å². The Labute approximate surface area is 199 Å². The molecule has 2 heterocycles. The molecule has 9 heteroatoms. The van der Waals surface area contributed by atoms with E-state index in [1.165, 1.54) is 24.5 Å². The molecular formula is C25H27N3O5S. The molecule has 1 N–H and O–H groups in total. The molecule has 1 aliphatic heterocycles. The largest absolute Gasteiger partial charge is 0.497 e. The van der Waals surface area contributed by atoms with Crippen molar-refractivity contribution in [1.29, 1.82) is 0 Å². The molecule has 2 aromatic carbocycles. The molecule has 0 saturated carbocycles. The third-order valence-electron chi connectivity index (χ3n) is 5.64. The fourth-order valence-corrected chi connectivity index (χ4v) is 4.68. The molecule has 34 heavy (non-hydrogen) atoms. The normalized spacial score (nSPS) is 14.5. The minimum atomic E-state index is -3.66. The zero-order chi connectivity index (χ0) is 24.0. The average molecular weight is 482 g/mol. The first-order valence-electron chi connectivity index (χ1n) is 10.9. The lowest BCUT2D eigenvalue weighted by molar-refractivity contribution is -0.126. The monoisotopic (exact) mass is 481 g/mol.